The van der Waals surface area contributed by atoms with E-state index in [1.54, 1.807) is 32.0 Å². The summed E-state index contributed by atoms with van der Waals surface area (Å²) in [5, 5.41) is 14.0. The number of ether oxygens (including phenoxy) is 2. The number of carbonyl (C=O) groups is 2. The van der Waals surface area contributed by atoms with Crippen LogP contribution in [0.1, 0.15) is 13.8 Å². The smallest absolute Gasteiger partial charge is 0.326 e. The zero-order valence-corrected chi connectivity index (χ0v) is 11.9. The van der Waals surface area contributed by atoms with Gasteiger partial charge in [-0.3, -0.25) is 0 Å². The van der Waals surface area contributed by atoms with Crippen LogP contribution in [-0.4, -0.2) is 36.4 Å². The van der Waals surface area contributed by atoms with E-state index in [1.807, 2.05) is 0 Å². The second-order valence-electron chi connectivity index (χ2n) is 5.02. The number of carboxylic acid groups (broad SMARTS) is 1. The van der Waals surface area contributed by atoms with E-state index in [9.17, 15) is 9.59 Å². The average Bonchev–Trinajstić information content (AvgIpc) is 2.44. The number of benzene rings is 1. The molecule has 1 aromatic rings. The molecule has 2 rings (SSSR count). The Morgan fingerprint density at radius 3 is 2.48 bits per heavy atom. The van der Waals surface area contributed by atoms with Crippen LogP contribution < -0.4 is 20.1 Å². The summed E-state index contributed by atoms with van der Waals surface area (Å²) in [5.74, 6) is -0.105. The fraction of sp³-hybridized carbons (Fsp3) is 0.429. The Bertz CT molecular complexity index is 544. The molecule has 1 atom stereocenters. The maximum atomic E-state index is 11.8. The normalized spacial score (nSPS) is 14.4. The van der Waals surface area contributed by atoms with Crippen molar-refractivity contribution >= 4 is 17.7 Å². The standard InChI is InChI=1S/C14H18N2O5/c1-8(2)12(13(17)18)16-14(19)15-9-3-4-10-11(7-9)21-6-5-20-10/h3-4,7-8,12H,5-6H2,1-2H3,(H,17,18)(H2,15,16,19)/t12-/m1/s1. The van der Waals surface area contributed by atoms with Gasteiger partial charge in [0.2, 0.25) is 0 Å². The fourth-order valence-electron chi connectivity index (χ4n) is 1.94. The quantitative estimate of drug-likeness (QED) is 0.785. The molecule has 0 bridgehead atoms. The molecule has 7 heteroatoms. The van der Waals surface area contributed by atoms with Crippen LogP contribution in [0.3, 0.4) is 0 Å². The zero-order chi connectivity index (χ0) is 15.4. The number of amides is 2. The van der Waals surface area contributed by atoms with Crippen molar-refractivity contribution in [3.05, 3.63) is 18.2 Å². The number of hydrogen-bond donors (Lipinski definition) is 3. The number of hydrogen-bond acceptors (Lipinski definition) is 4. The Labute approximate surface area is 122 Å². The van der Waals surface area contributed by atoms with Gasteiger partial charge in [-0.15, -0.1) is 0 Å². The van der Waals surface area contributed by atoms with E-state index in [2.05, 4.69) is 10.6 Å². The van der Waals surface area contributed by atoms with Crippen molar-refractivity contribution in [3.8, 4) is 11.5 Å². The summed E-state index contributed by atoms with van der Waals surface area (Å²) in [6.07, 6.45) is 0. The summed E-state index contributed by atoms with van der Waals surface area (Å²) in [4.78, 5) is 22.9. The summed E-state index contributed by atoms with van der Waals surface area (Å²) in [7, 11) is 0. The first-order chi connectivity index (χ1) is 9.97. The molecule has 1 aliphatic heterocycles. The monoisotopic (exact) mass is 294 g/mol. The van der Waals surface area contributed by atoms with Crippen molar-refractivity contribution in [2.75, 3.05) is 18.5 Å². The van der Waals surface area contributed by atoms with Gasteiger partial charge in [0.15, 0.2) is 11.5 Å². The molecule has 1 aromatic carbocycles. The maximum absolute atomic E-state index is 11.8. The number of rotatable bonds is 4. The first-order valence-corrected chi connectivity index (χ1v) is 6.67. The molecule has 3 N–H and O–H groups in total. The summed E-state index contributed by atoms with van der Waals surface area (Å²) in [6, 6.07) is 3.48. The van der Waals surface area contributed by atoms with Crippen molar-refractivity contribution in [2.24, 2.45) is 5.92 Å². The van der Waals surface area contributed by atoms with Gasteiger partial charge < -0.3 is 25.2 Å². The summed E-state index contributed by atoms with van der Waals surface area (Å²) in [6.45, 7) is 4.40. The Balaban J connectivity index is 2.01. The largest absolute Gasteiger partial charge is 0.486 e. The molecule has 0 unspecified atom stereocenters. The molecule has 114 valence electrons. The van der Waals surface area contributed by atoms with E-state index in [1.165, 1.54) is 0 Å². The first-order valence-electron chi connectivity index (χ1n) is 6.67. The molecule has 0 fully saturated rings. The predicted molar refractivity (Wildman–Crippen MR) is 75.8 cm³/mol. The SMILES string of the molecule is CC(C)[C@@H](NC(=O)Nc1ccc2c(c1)OCCO2)C(=O)O. The molecule has 0 aromatic heterocycles. The van der Waals surface area contributed by atoms with Gasteiger partial charge in [-0.1, -0.05) is 13.8 Å². The predicted octanol–water partition coefficient (Wildman–Crippen LogP) is 1.69. The number of nitrogens with one attached hydrogen (secondary N) is 2. The number of urea groups is 1. The minimum atomic E-state index is -1.07. The number of carbonyl (C=O) groups excluding carboxylic acids is 1. The van der Waals surface area contributed by atoms with Crippen molar-refractivity contribution in [1.82, 2.24) is 5.32 Å². The second kappa shape index (κ2) is 6.34. The van der Waals surface area contributed by atoms with Crippen molar-refractivity contribution in [2.45, 2.75) is 19.9 Å². The highest BCUT2D eigenvalue weighted by Gasteiger charge is 2.23. The second-order valence-corrected chi connectivity index (χ2v) is 5.02. The van der Waals surface area contributed by atoms with Crippen LogP contribution in [0.25, 0.3) is 0 Å². The maximum Gasteiger partial charge on any atom is 0.326 e. The molecule has 0 aliphatic carbocycles. The molecule has 0 spiro atoms. The van der Waals surface area contributed by atoms with E-state index < -0.39 is 18.0 Å². The third-order valence-corrected chi connectivity index (χ3v) is 3.02. The lowest BCUT2D eigenvalue weighted by molar-refractivity contribution is -0.140. The van der Waals surface area contributed by atoms with E-state index >= 15 is 0 Å². The van der Waals surface area contributed by atoms with Crippen LogP contribution in [-0.2, 0) is 4.79 Å². The van der Waals surface area contributed by atoms with E-state index in [-0.39, 0.29) is 5.92 Å². The van der Waals surface area contributed by atoms with Crippen LogP contribution in [0.2, 0.25) is 0 Å². The number of carboxylic acids is 1. The van der Waals surface area contributed by atoms with Crippen molar-refractivity contribution in [1.29, 1.82) is 0 Å². The lowest BCUT2D eigenvalue weighted by Crippen LogP contribution is -2.46. The van der Waals surface area contributed by atoms with Crippen LogP contribution in [0.15, 0.2) is 18.2 Å². The highest BCUT2D eigenvalue weighted by molar-refractivity contribution is 5.92. The summed E-state index contributed by atoms with van der Waals surface area (Å²) < 4.78 is 10.8. The molecule has 7 nitrogen and oxygen atoms in total. The molecule has 2 amide bonds. The molecule has 0 radical (unpaired) electrons. The van der Waals surface area contributed by atoms with Gasteiger partial charge in [0.05, 0.1) is 0 Å². The van der Waals surface area contributed by atoms with Gasteiger partial charge >= 0.3 is 12.0 Å². The summed E-state index contributed by atoms with van der Waals surface area (Å²) in [5.41, 5.74) is 0.504. The highest BCUT2D eigenvalue weighted by Crippen LogP contribution is 2.32. The van der Waals surface area contributed by atoms with E-state index in [0.717, 1.165) is 0 Å². The van der Waals surface area contributed by atoms with Gasteiger partial charge in [-0.25, -0.2) is 9.59 Å². The van der Waals surface area contributed by atoms with Gasteiger partial charge in [0, 0.05) is 11.8 Å². The average molecular weight is 294 g/mol. The third kappa shape index (κ3) is 3.77. The van der Waals surface area contributed by atoms with Crippen molar-refractivity contribution < 1.29 is 24.2 Å². The zero-order valence-electron chi connectivity index (χ0n) is 11.9. The van der Waals surface area contributed by atoms with Crippen LogP contribution in [0, 0.1) is 5.92 Å². The Morgan fingerprint density at radius 2 is 1.86 bits per heavy atom. The Morgan fingerprint density at radius 1 is 1.19 bits per heavy atom. The highest BCUT2D eigenvalue weighted by atomic mass is 16.6. The summed E-state index contributed by atoms with van der Waals surface area (Å²) >= 11 is 0. The number of aliphatic carboxylic acids is 1. The topological polar surface area (TPSA) is 96.9 Å². The Kier molecular flexibility index (Phi) is 4.52. The number of fused-ring (bicyclic) bond motifs is 1. The van der Waals surface area contributed by atoms with Crippen LogP contribution in [0.5, 0.6) is 11.5 Å². The van der Waals surface area contributed by atoms with Gasteiger partial charge in [-0.05, 0) is 18.1 Å². The molecule has 1 heterocycles. The van der Waals surface area contributed by atoms with E-state index in [0.29, 0.717) is 30.4 Å². The van der Waals surface area contributed by atoms with Crippen molar-refractivity contribution in [3.63, 3.8) is 0 Å². The Hall–Kier alpha value is -2.44. The molecular weight excluding hydrogens is 276 g/mol. The van der Waals surface area contributed by atoms with E-state index in [4.69, 9.17) is 14.6 Å². The lowest BCUT2D eigenvalue weighted by atomic mass is 10.1. The first kappa shape index (κ1) is 15.0. The third-order valence-electron chi connectivity index (χ3n) is 3.02. The molecule has 0 saturated heterocycles. The number of anilines is 1. The van der Waals surface area contributed by atoms with Crippen LogP contribution in [0.4, 0.5) is 10.5 Å². The molecule has 21 heavy (non-hydrogen) atoms. The fourth-order valence-corrected chi connectivity index (χ4v) is 1.94. The van der Waals surface area contributed by atoms with Gasteiger partial charge in [0.25, 0.3) is 0 Å². The minimum absolute atomic E-state index is 0.214. The van der Waals surface area contributed by atoms with Crippen LogP contribution >= 0.6 is 0 Å². The van der Waals surface area contributed by atoms with Gasteiger partial charge in [0.1, 0.15) is 19.3 Å². The molecule has 0 saturated carbocycles. The van der Waals surface area contributed by atoms with Gasteiger partial charge in [-0.2, -0.15) is 0 Å². The molecule has 1 aliphatic rings. The molecular formula is C14H18N2O5. The minimum Gasteiger partial charge on any atom is -0.486 e. The lowest BCUT2D eigenvalue weighted by Gasteiger charge is -2.20.